The van der Waals surface area contributed by atoms with E-state index in [1.807, 2.05) is 0 Å². The third-order valence-electron chi connectivity index (χ3n) is 4.29. The minimum Gasteiger partial charge on any atom is -0.494 e. The van der Waals surface area contributed by atoms with E-state index in [1.165, 1.54) is 18.0 Å². The van der Waals surface area contributed by atoms with Gasteiger partial charge in [-0.25, -0.2) is 8.42 Å². The fourth-order valence-corrected chi connectivity index (χ4v) is 3.77. The monoisotopic (exact) mass is 456 g/mol. The Hall–Kier alpha value is -3.48. The zero-order chi connectivity index (χ0) is 23.0. The topological polar surface area (TPSA) is 120 Å². The van der Waals surface area contributed by atoms with Crippen molar-refractivity contribution in [3.63, 3.8) is 0 Å². The van der Waals surface area contributed by atoms with E-state index in [0.29, 0.717) is 10.9 Å². The van der Waals surface area contributed by atoms with E-state index in [0.717, 1.165) is 18.3 Å². The van der Waals surface area contributed by atoms with E-state index in [9.17, 15) is 31.2 Å². The summed E-state index contributed by atoms with van der Waals surface area (Å²) in [4.78, 5) is 26.0. The summed E-state index contributed by atoms with van der Waals surface area (Å²) >= 11 is 0. The average Bonchev–Trinajstić information content (AvgIpc) is 3.08. The molecule has 9 nitrogen and oxygen atoms in total. The number of aromatic nitrogens is 3. The number of aryl methyl sites for hydroxylation is 1. The first-order valence-electron chi connectivity index (χ1n) is 8.55. The maximum Gasteiger partial charge on any atom is 0.450 e. The van der Waals surface area contributed by atoms with E-state index in [1.54, 1.807) is 19.2 Å². The molecule has 0 fully saturated rings. The first kappa shape index (κ1) is 22.2. The van der Waals surface area contributed by atoms with Crippen LogP contribution in [0.3, 0.4) is 0 Å². The number of hydrogen-bond donors (Lipinski definition) is 1. The van der Waals surface area contributed by atoms with E-state index >= 15 is 0 Å². The van der Waals surface area contributed by atoms with Crippen molar-refractivity contribution in [2.24, 2.45) is 7.05 Å². The minimum atomic E-state index is -5.14. The van der Waals surface area contributed by atoms with Crippen molar-refractivity contribution in [2.75, 3.05) is 11.8 Å². The zero-order valence-corrected chi connectivity index (χ0v) is 16.9. The molecule has 0 atom stereocenters. The second-order valence-corrected chi connectivity index (χ2v) is 8.04. The van der Waals surface area contributed by atoms with Crippen LogP contribution in [0.25, 0.3) is 10.9 Å². The summed E-state index contributed by atoms with van der Waals surface area (Å²) in [6.45, 7) is 0. The molecule has 1 N–H and O–H groups in total. The molecule has 164 valence electrons. The number of benzene rings is 1. The number of alkyl halides is 3. The number of hydrogen-bond acceptors (Lipinski definition) is 7. The van der Waals surface area contributed by atoms with Crippen molar-refractivity contribution < 1.29 is 35.9 Å². The van der Waals surface area contributed by atoms with Crippen LogP contribution in [0, 0.1) is 0 Å². The number of fused-ring (bicyclic) bond motifs is 1. The minimum absolute atomic E-state index is 0.121. The quantitative estimate of drug-likeness (QED) is 0.428. The van der Waals surface area contributed by atoms with E-state index in [-0.39, 0.29) is 16.3 Å². The van der Waals surface area contributed by atoms with E-state index in [2.05, 4.69) is 14.8 Å². The Morgan fingerprint density at radius 2 is 1.87 bits per heavy atom. The van der Waals surface area contributed by atoms with Gasteiger partial charge in [0.25, 0.3) is 10.0 Å². The van der Waals surface area contributed by atoms with Gasteiger partial charge in [0, 0.05) is 18.6 Å². The van der Waals surface area contributed by atoms with Gasteiger partial charge in [-0.2, -0.15) is 18.3 Å². The number of Topliss-reactive ketones (excluding diaryl/α,β-unsaturated/α-hetero) is 2. The Morgan fingerprint density at radius 1 is 1.16 bits per heavy atom. The molecule has 0 aliphatic rings. The zero-order valence-electron chi connectivity index (χ0n) is 16.1. The van der Waals surface area contributed by atoms with Crippen molar-refractivity contribution in [1.29, 1.82) is 0 Å². The van der Waals surface area contributed by atoms with Crippen LogP contribution in [-0.4, -0.2) is 48.0 Å². The lowest BCUT2D eigenvalue weighted by molar-refractivity contribution is -0.170. The number of carbonyl (C=O) groups excluding carboxylic acids is 2. The highest BCUT2D eigenvalue weighted by Crippen LogP contribution is 2.34. The molecule has 0 amide bonds. The molecule has 0 aliphatic carbocycles. The van der Waals surface area contributed by atoms with Crippen LogP contribution in [0.15, 0.2) is 41.6 Å². The second-order valence-electron chi connectivity index (χ2n) is 6.35. The van der Waals surface area contributed by atoms with Crippen LogP contribution < -0.4 is 9.46 Å². The van der Waals surface area contributed by atoms with Crippen molar-refractivity contribution >= 4 is 38.2 Å². The van der Waals surface area contributed by atoms with Gasteiger partial charge in [0.15, 0.2) is 5.78 Å². The van der Waals surface area contributed by atoms with Gasteiger partial charge in [0.2, 0.25) is 5.78 Å². The number of ether oxygens (including phenoxy) is 1. The number of nitrogens with one attached hydrogen (secondary N) is 1. The summed E-state index contributed by atoms with van der Waals surface area (Å²) < 4.78 is 71.6. The van der Waals surface area contributed by atoms with E-state index < -0.39 is 39.9 Å². The molecule has 0 bridgehead atoms. The van der Waals surface area contributed by atoms with Crippen molar-refractivity contribution in [3.05, 3.63) is 42.4 Å². The number of nitrogens with zero attached hydrogens (tertiary/aromatic N) is 3. The molecule has 1 aromatic carbocycles. The van der Waals surface area contributed by atoms with Gasteiger partial charge in [-0.1, -0.05) is 0 Å². The van der Waals surface area contributed by atoms with Gasteiger partial charge >= 0.3 is 6.18 Å². The number of methoxy groups -OCH3 is 1. The Balaban J connectivity index is 1.89. The number of anilines is 1. The number of ketones is 2. The Labute approximate surface area is 173 Å². The third-order valence-corrected chi connectivity index (χ3v) is 5.63. The third kappa shape index (κ3) is 4.50. The highest BCUT2D eigenvalue weighted by Gasteiger charge is 2.39. The van der Waals surface area contributed by atoms with Gasteiger partial charge < -0.3 is 4.74 Å². The smallest absolute Gasteiger partial charge is 0.450 e. The first-order valence-corrected chi connectivity index (χ1v) is 10.0. The molecule has 0 spiro atoms. The predicted octanol–water partition coefficient (Wildman–Crippen LogP) is 2.48. The normalized spacial score (nSPS) is 12.0. The second kappa shape index (κ2) is 7.98. The number of rotatable bonds is 7. The maximum absolute atomic E-state index is 12.8. The summed E-state index contributed by atoms with van der Waals surface area (Å²) in [6.07, 6.45) is -4.21. The fourth-order valence-electron chi connectivity index (χ4n) is 2.75. The molecule has 0 radical (unpaired) electrons. The molecule has 3 rings (SSSR count). The number of halogens is 3. The van der Waals surface area contributed by atoms with Crippen LogP contribution >= 0.6 is 0 Å². The van der Waals surface area contributed by atoms with Crippen molar-refractivity contribution in [3.8, 4) is 5.75 Å². The lowest BCUT2D eigenvalue weighted by Crippen LogP contribution is -2.25. The molecule has 0 aliphatic heterocycles. The molecular weight excluding hydrogens is 441 g/mol. The summed E-state index contributed by atoms with van der Waals surface area (Å²) in [5.41, 5.74) is 0.104. The van der Waals surface area contributed by atoms with Crippen molar-refractivity contribution in [2.45, 2.75) is 17.5 Å². The van der Waals surface area contributed by atoms with Crippen LogP contribution in [0.4, 0.5) is 18.9 Å². The van der Waals surface area contributed by atoms with Crippen molar-refractivity contribution in [1.82, 2.24) is 14.8 Å². The largest absolute Gasteiger partial charge is 0.494 e. The molecule has 2 aromatic heterocycles. The highest BCUT2D eigenvalue weighted by molar-refractivity contribution is 7.92. The van der Waals surface area contributed by atoms with Crippen LogP contribution in [0.5, 0.6) is 5.75 Å². The average molecular weight is 456 g/mol. The summed E-state index contributed by atoms with van der Waals surface area (Å²) in [5, 5.41) is 4.72. The molecular formula is C18H15F3N4O5S. The molecule has 0 saturated heterocycles. The van der Waals surface area contributed by atoms with Crippen LogP contribution in [-0.2, 0) is 21.9 Å². The highest BCUT2D eigenvalue weighted by atomic mass is 32.2. The molecule has 2 heterocycles. The molecule has 3 aromatic rings. The Bertz CT molecular complexity index is 1270. The fraction of sp³-hybridized carbons (Fsp3) is 0.222. The Morgan fingerprint density at radius 3 is 2.45 bits per heavy atom. The predicted molar refractivity (Wildman–Crippen MR) is 102 cm³/mol. The Kier molecular flexibility index (Phi) is 5.72. The van der Waals surface area contributed by atoms with Gasteiger partial charge in [0.1, 0.15) is 22.0 Å². The van der Waals surface area contributed by atoms with Gasteiger partial charge in [0.05, 0.1) is 25.2 Å². The number of carbonyl (C=O) groups is 2. The SMILES string of the molecule is COc1ccc2cnn(C)c2c1NS(=O)(=O)c1ccc(C(=O)CC(=O)C(F)(F)F)nc1. The van der Waals surface area contributed by atoms with Gasteiger partial charge in [-0.3, -0.25) is 24.0 Å². The van der Waals surface area contributed by atoms with Crippen LogP contribution in [0.2, 0.25) is 0 Å². The molecule has 0 unspecified atom stereocenters. The number of sulfonamides is 1. The summed E-state index contributed by atoms with van der Waals surface area (Å²) in [6, 6.07) is 5.18. The first-order chi connectivity index (χ1) is 14.4. The van der Waals surface area contributed by atoms with E-state index in [4.69, 9.17) is 4.74 Å². The summed E-state index contributed by atoms with van der Waals surface area (Å²) in [7, 11) is -1.24. The standard InChI is InChI=1S/C18H15F3N4O5S/c1-25-17-10(8-23-25)3-6-14(30-2)16(17)24-31(28,29)11-4-5-12(22-9-11)13(26)7-15(27)18(19,20)21/h3-6,8-9,24H,7H2,1-2H3. The maximum atomic E-state index is 12.8. The van der Waals surface area contributed by atoms with Gasteiger partial charge in [-0.15, -0.1) is 0 Å². The molecule has 13 heteroatoms. The summed E-state index contributed by atoms with van der Waals surface area (Å²) in [5.74, 6) is -3.17. The number of pyridine rings is 1. The van der Waals surface area contributed by atoms with Crippen LogP contribution in [0.1, 0.15) is 16.9 Å². The molecule has 31 heavy (non-hydrogen) atoms. The molecule has 0 saturated carbocycles. The van der Waals surface area contributed by atoms with Gasteiger partial charge in [-0.05, 0) is 24.3 Å². The lowest BCUT2D eigenvalue weighted by atomic mass is 10.1. The lowest BCUT2D eigenvalue weighted by Gasteiger charge is -2.14.